The van der Waals surface area contributed by atoms with Gasteiger partial charge in [-0.05, 0) is 13.5 Å². The van der Waals surface area contributed by atoms with Gasteiger partial charge in [-0.15, -0.1) is 36.2 Å². The van der Waals surface area contributed by atoms with Gasteiger partial charge in [0.2, 0.25) is 0 Å². The number of thiazole rings is 1. The summed E-state index contributed by atoms with van der Waals surface area (Å²) in [7, 11) is 1.93. The van der Waals surface area contributed by atoms with E-state index in [-0.39, 0.29) is 30.7 Å². The standard InChI is InChI=1S/C9H13N3OS.2ClH/c1-10-7-2-3-12(4-7)9(13)8-5-14-6-11-8;;/h5-7,10H,2-4H2,1H3;2*1H. The monoisotopic (exact) mass is 283 g/mol. The molecule has 1 atom stereocenters. The second-order valence-corrected chi connectivity index (χ2v) is 4.12. The van der Waals surface area contributed by atoms with E-state index in [4.69, 9.17) is 0 Å². The van der Waals surface area contributed by atoms with Crippen molar-refractivity contribution in [2.75, 3.05) is 20.1 Å². The van der Waals surface area contributed by atoms with Crippen LogP contribution in [0.2, 0.25) is 0 Å². The molecule has 0 radical (unpaired) electrons. The highest BCUT2D eigenvalue weighted by Gasteiger charge is 2.26. The van der Waals surface area contributed by atoms with Crippen molar-refractivity contribution in [3.63, 3.8) is 0 Å². The van der Waals surface area contributed by atoms with Crippen LogP contribution < -0.4 is 5.32 Å². The molecule has 1 saturated heterocycles. The van der Waals surface area contributed by atoms with Crippen LogP contribution in [0.1, 0.15) is 16.9 Å². The maximum absolute atomic E-state index is 11.8. The van der Waals surface area contributed by atoms with Gasteiger partial charge in [-0.1, -0.05) is 0 Å². The zero-order chi connectivity index (χ0) is 9.97. The van der Waals surface area contributed by atoms with E-state index in [0.717, 1.165) is 19.5 Å². The van der Waals surface area contributed by atoms with Gasteiger partial charge in [0.05, 0.1) is 5.51 Å². The first-order valence-corrected chi connectivity index (χ1v) is 5.60. The predicted molar refractivity (Wildman–Crippen MR) is 70.0 cm³/mol. The highest BCUT2D eigenvalue weighted by Crippen LogP contribution is 2.13. The number of hydrogen-bond donors (Lipinski definition) is 1. The molecule has 2 rings (SSSR count). The van der Waals surface area contributed by atoms with E-state index >= 15 is 0 Å². The van der Waals surface area contributed by atoms with Crippen LogP contribution in [0.25, 0.3) is 0 Å². The summed E-state index contributed by atoms with van der Waals surface area (Å²) in [5, 5.41) is 4.98. The van der Waals surface area contributed by atoms with Crippen molar-refractivity contribution in [3.05, 3.63) is 16.6 Å². The molecule has 1 aromatic rings. The minimum atomic E-state index is 0. The average Bonchev–Trinajstić information content (AvgIpc) is 2.88. The number of aromatic nitrogens is 1. The van der Waals surface area contributed by atoms with Gasteiger partial charge < -0.3 is 10.2 Å². The highest BCUT2D eigenvalue weighted by atomic mass is 35.5. The van der Waals surface area contributed by atoms with Crippen LogP contribution in [0.5, 0.6) is 0 Å². The number of carbonyl (C=O) groups is 1. The molecule has 92 valence electrons. The molecule has 0 aliphatic carbocycles. The van der Waals surface area contributed by atoms with Crippen LogP contribution in [0.4, 0.5) is 0 Å². The summed E-state index contributed by atoms with van der Waals surface area (Å²) in [5.41, 5.74) is 2.27. The largest absolute Gasteiger partial charge is 0.336 e. The second kappa shape index (κ2) is 7.06. The van der Waals surface area contributed by atoms with Crippen molar-refractivity contribution in [2.45, 2.75) is 12.5 Å². The Balaban J connectivity index is 0.00000112. The van der Waals surface area contributed by atoms with Crippen molar-refractivity contribution in [1.29, 1.82) is 0 Å². The van der Waals surface area contributed by atoms with Crippen LogP contribution in [0.15, 0.2) is 10.9 Å². The quantitative estimate of drug-likeness (QED) is 0.893. The Labute approximate surface area is 111 Å². The van der Waals surface area contributed by atoms with Gasteiger partial charge in [-0.2, -0.15) is 0 Å². The summed E-state index contributed by atoms with van der Waals surface area (Å²) >= 11 is 1.46. The molecule has 1 aromatic heterocycles. The van der Waals surface area contributed by atoms with Gasteiger partial charge in [0.25, 0.3) is 5.91 Å². The smallest absolute Gasteiger partial charge is 0.273 e. The van der Waals surface area contributed by atoms with E-state index in [1.54, 1.807) is 10.9 Å². The molecule has 1 fully saturated rings. The van der Waals surface area contributed by atoms with E-state index in [9.17, 15) is 4.79 Å². The first kappa shape index (κ1) is 15.6. The lowest BCUT2D eigenvalue weighted by atomic mass is 10.3. The Morgan fingerprint density at radius 3 is 2.88 bits per heavy atom. The van der Waals surface area contributed by atoms with Crippen LogP contribution in [0, 0.1) is 0 Å². The Morgan fingerprint density at radius 2 is 2.38 bits per heavy atom. The van der Waals surface area contributed by atoms with Crippen LogP contribution in [-0.4, -0.2) is 42.0 Å². The van der Waals surface area contributed by atoms with Crippen molar-refractivity contribution >= 4 is 42.1 Å². The van der Waals surface area contributed by atoms with Gasteiger partial charge in [-0.25, -0.2) is 4.98 Å². The van der Waals surface area contributed by atoms with E-state index in [1.807, 2.05) is 11.9 Å². The van der Waals surface area contributed by atoms with E-state index in [1.165, 1.54) is 11.3 Å². The maximum Gasteiger partial charge on any atom is 0.273 e. The van der Waals surface area contributed by atoms with Crippen molar-refractivity contribution in [3.8, 4) is 0 Å². The van der Waals surface area contributed by atoms with Gasteiger partial charge in [0, 0.05) is 24.5 Å². The molecule has 2 heterocycles. The van der Waals surface area contributed by atoms with Gasteiger partial charge in [-0.3, -0.25) is 4.79 Å². The van der Waals surface area contributed by atoms with Crippen LogP contribution >= 0.6 is 36.2 Å². The molecule has 0 saturated carbocycles. The second-order valence-electron chi connectivity index (χ2n) is 3.40. The van der Waals surface area contributed by atoms with E-state index < -0.39 is 0 Å². The lowest BCUT2D eigenvalue weighted by Gasteiger charge is -2.14. The number of hydrogen-bond acceptors (Lipinski definition) is 4. The summed E-state index contributed by atoms with van der Waals surface area (Å²) in [5.74, 6) is 0.0593. The number of rotatable bonds is 2. The molecule has 0 bridgehead atoms. The number of amides is 1. The third-order valence-corrected chi connectivity index (χ3v) is 3.12. The number of halogens is 2. The Morgan fingerprint density at radius 1 is 1.62 bits per heavy atom. The molecule has 16 heavy (non-hydrogen) atoms. The molecule has 1 N–H and O–H groups in total. The lowest BCUT2D eigenvalue weighted by molar-refractivity contribution is 0.0784. The SMILES string of the molecule is CNC1CCN(C(=O)c2cscn2)C1.Cl.Cl. The number of likely N-dealkylation sites (N-methyl/N-ethyl adjacent to an activating group) is 1. The van der Waals surface area contributed by atoms with Crippen LogP contribution in [0.3, 0.4) is 0 Å². The fraction of sp³-hybridized carbons (Fsp3) is 0.556. The zero-order valence-corrected chi connectivity index (χ0v) is 11.3. The molecular weight excluding hydrogens is 269 g/mol. The molecule has 1 unspecified atom stereocenters. The number of nitrogens with one attached hydrogen (secondary N) is 1. The Hall–Kier alpha value is -0.360. The highest BCUT2D eigenvalue weighted by molar-refractivity contribution is 7.07. The first-order chi connectivity index (χ1) is 6.81. The van der Waals surface area contributed by atoms with Crippen molar-refractivity contribution in [2.24, 2.45) is 0 Å². The fourth-order valence-corrected chi connectivity index (χ4v) is 2.19. The summed E-state index contributed by atoms with van der Waals surface area (Å²) < 4.78 is 0. The normalized spacial score (nSPS) is 18.8. The Bertz CT molecular complexity index is 321. The maximum atomic E-state index is 11.8. The number of nitrogens with zero attached hydrogens (tertiary/aromatic N) is 2. The zero-order valence-electron chi connectivity index (χ0n) is 8.88. The summed E-state index contributed by atoms with van der Waals surface area (Å²) in [6.45, 7) is 1.63. The molecule has 1 aliphatic rings. The van der Waals surface area contributed by atoms with Crippen LogP contribution in [-0.2, 0) is 0 Å². The van der Waals surface area contributed by atoms with E-state index in [0.29, 0.717) is 11.7 Å². The fourth-order valence-electron chi connectivity index (χ4n) is 1.66. The molecule has 1 amide bonds. The first-order valence-electron chi connectivity index (χ1n) is 4.66. The Kier molecular flexibility index (Phi) is 6.90. The van der Waals surface area contributed by atoms with Gasteiger partial charge in [0.1, 0.15) is 5.69 Å². The summed E-state index contributed by atoms with van der Waals surface area (Å²) in [4.78, 5) is 17.7. The minimum absolute atomic E-state index is 0. The average molecular weight is 284 g/mol. The minimum Gasteiger partial charge on any atom is -0.336 e. The number of carbonyl (C=O) groups excluding carboxylic acids is 1. The lowest BCUT2D eigenvalue weighted by Crippen LogP contribution is -2.33. The third-order valence-electron chi connectivity index (χ3n) is 2.54. The molecule has 1 aliphatic heterocycles. The van der Waals surface area contributed by atoms with Crippen molar-refractivity contribution in [1.82, 2.24) is 15.2 Å². The molecule has 0 spiro atoms. The molecular formula is C9H15Cl2N3OS. The third kappa shape index (κ3) is 3.31. The van der Waals surface area contributed by atoms with E-state index in [2.05, 4.69) is 10.3 Å². The summed E-state index contributed by atoms with van der Waals surface area (Å²) in [6, 6.07) is 0.442. The van der Waals surface area contributed by atoms with Gasteiger partial charge in [0.15, 0.2) is 0 Å². The topological polar surface area (TPSA) is 45.2 Å². The number of likely N-dealkylation sites (tertiary alicyclic amines) is 1. The molecule has 7 heteroatoms. The summed E-state index contributed by atoms with van der Waals surface area (Å²) in [6.07, 6.45) is 1.03. The molecule has 4 nitrogen and oxygen atoms in total. The predicted octanol–water partition coefficient (Wildman–Crippen LogP) is 1.42. The van der Waals surface area contributed by atoms with Crippen molar-refractivity contribution < 1.29 is 4.79 Å². The molecule has 0 aromatic carbocycles. The van der Waals surface area contributed by atoms with Gasteiger partial charge >= 0.3 is 0 Å².